The Labute approximate surface area is 128 Å². The van der Waals surface area contributed by atoms with Crippen molar-refractivity contribution in [1.82, 2.24) is 19.9 Å². The second-order valence-corrected chi connectivity index (χ2v) is 4.87. The van der Waals surface area contributed by atoms with E-state index in [4.69, 9.17) is 0 Å². The molecule has 1 amide bonds. The summed E-state index contributed by atoms with van der Waals surface area (Å²) in [5.74, 6) is 0.725. The molecule has 0 spiro atoms. The quantitative estimate of drug-likeness (QED) is 0.803. The van der Waals surface area contributed by atoms with Gasteiger partial charge in [0.05, 0.1) is 0 Å². The highest BCUT2D eigenvalue weighted by Gasteiger charge is 2.08. The lowest BCUT2D eigenvalue weighted by Gasteiger charge is -2.09. The molecule has 0 bridgehead atoms. The standard InChI is InChI=1S/C17H16N4O/c1-18-17(22)14-6-4-5-13(11-14)12-21-10-9-20-16(21)15-7-2-3-8-19-15/h2-11H,12H2,1H3,(H,18,22). The third-order valence-corrected chi connectivity index (χ3v) is 3.38. The molecule has 0 aliphatic heterocycles. The largest absolute Gasteiger partial charge is 0.355 e. The van der Waals surface area contributed by atoms with Crippen molar-refractivity contribution in [2.24, 2.45) is 0 Å². The van der Waals surface area contributed by atoms with E-state index in [2.05, 4.69) is 15.3 Å². The summed E-state index contributed by atoms with van der Waals surface area (Å²) in [5.41, 5.74) is 2.52. The van der Waals surface area contributed by atoms with E-state index in [-0.39, 0.29) is 5.91 Å². The molecule has 2 heterocycles. The van der Waals surface area contributed by atoms with Crippen molar-refractivity contribution < 1.29 is 4.79 Å². The second-order valence-electron chi connectivity index (χ2n) is 4.87. The number of nitrogens with one attached hydrogen (secondary N) is 1. The third kappa shape index (κ3) is 2.88. The van der Waals surface area contributed by atoms with Gasteiger partial charge in [-0.25, -0.2) is 4.98 Å². The van der Waals surface area contributed by atoms with Gasteiger partial charge in [0.2, 0.25) is 0 Å². The van der Waals surface area contributed by atoms with Gasteiger partial charge in [-0.1, -0.05) is 18.2 Å². The van der Waals surface area contributed by atoms with Crippen LogP contribution in [0.25, 0.3) is 11.5 Å². The van der Waals surface area contributed by atoms with Crippen LogP contribution in [0.15, 0.2) is 61.1 Å². The molecule has 3 rings (SSSR count). The van der Waals surface area contributed by atoms with E-state index in [0.717, 1.165) is 17.1 Å². The molecule has 0 atom stereocenters. The molecule has 2 aromatic heterocycles. The number of hydrogen-bond acceptors (Lipinski definition) is 3. The average Bonchev–Trinajstić information content (AvgIpc) is 3.03. The number of benzene rings is 1. The van der Waals surface area contributed by atoms with Crippen LogP contribution >= 0.6 is 0 Å². The second kappa shape index (κ2) is 6.22. The molecule has 0 unspecified atom stereocenters. The van der Waals surface area contributed by atoms with Gasteiger partial charge in [0.15, 0.2) is 5.82 Å². The molecule has 110 valence electrons. The van der Waals surface area contributed by atoms with Gasteiger partial charge in [-0.05, 0) is 29.8 Å². The molecular weight excluding hydrogens is 276 g/mol. The van der Waals surface area contributed by atoms with E-state index in [0.29, 0.717) is 12.1 Å². The predicted octanol–water partition coefficient (Wildman–Crippen LogP) is 2.35. The van der Waals surface area contributed by atoms with Crippen molar-refractivity contribution in [3.63, 3.8) is 0 Å². The summed E-state index contributed by atoms with van der Waals surface area (Å²) in [5, 5.41) is 2.64. The van der Waals surface area contributed by atoms with Crippen LogP contribution in [0.2, 0.25) is 0 Å². The van der Waals surface area contributed by atoms with Gasteiger partial charge in [-0.2, -0.15) is 0 Å². The first-order valence-electron chi connectivity index (χ1n) is 7.01. The Bertz CT molecular complexity index is 780. The maximum absolute atomic E-state index is 11.7. The molecule has 22 heavy (non-hydrogen) atoms. The highest BCUT2D eigenvalue weighted by molar-refractivity contribution is 5.94. The fraction of sp³-hybridized carbons (Fsp3) is 0.118. The molecule has 1 N–H and O–H groups in total. The first kappa shape index (κ1) is 14.0. The van der Waals surface area contributed by atoms with Crippen LogP contribution < -0.4 is 5.32 Å². The van der Waals surface area contributed by atoms with E-state index in [1.807, 2.05) is 47.2 Å². The van der Waals surface area contributed by atoms with Crippen molar-refractivity contribution in [1.29, 1.82) is 0 Å². The lowest BCUT2D eigenvalue weighted by Crippen LogP contribution is -2.18. The Kier molecular flexibility index (Phi) is 3.96. The molecule has 1 aromatic carbocycles. The predicted molar refractivity (Wildman–Crippen MR) is 84.4 cm³/mol. The average molecular weight is 292 g/mol. The van der Waals surface area contributed by atoms with Crippen LogP contribution in [-0.2, 0) is 6.54 Å². The molecule has 5 heteroatoms. The van der Waals surface area contributed by atoms with Gasteiger partial charge >= 0.3 is 0 Å². The summed E-state index contributed by atoms with van der Waals surface area (Å²) in [6.45, 7) is 0.636. The number of rotatable bonds is 4. The van der Waals surface area contributed by atoms with Gasteiger partial charge < -0.3 is 9.88 Å². The van der Waals surface area contributed by atoms with Crippen molar-refractivity contribution in [3.8, 4) is 11.5 Å². The molecule has 0 fully saturated rings. The summed E-state index contributed by atoms with van der Waals surface area (Å²) < 4.78 is 2.02. The number of nitrogens with zero attached hydrogens (tertiary/aromatic N) is 3. The monoisotopic (exact) mass is 292 g/mol. The Morgan fingerprint density at radius 2 is 2.05 bits per heavy atom. The minimum absolute atomic E-state index is 0.0857. The summed E-state index contributed by atoms with van der Waals surface area (Å²) >= 11 is 0. The first-order chi connectivity index (χ1) is 10.8. The summed E-state index contributed by atoms with van der Waals surface area (Å²) in [6, 6.07) is 13.3. The maximum Gasteiger partial charge on any atom is 0.251 e. The highest BCUT2D eigenvalue weighted by Crippen LogP contribution is 2.16. The fourth-order valence-electron chi connectivity index (χ4n) is 2.32. The summed E-state index contributed by atoms with van der Waals surface area (Å²) in [7, 11) is 1.63. The number of amides is 1. The Morgan fingerprint density at radius 3 is 2.82 bits per heavy atom. The summed E-state index contributed by atoms with van der Waals surface area (Å²) in [6.07, 6.45) is 5.42. The van der Waals surface area contributed by atoms with Crippen molar-refractivity contribution in [2.75, 3.05) is 7.05 Å². The van der Waals surface area contributed by atoms with Crippen LogP contribution in [0.5, 0.6) is 0 Å². The third-order valence-electron chi connectivity index (χ3n) is 3.38. The van der Waals surface area contributed by atoms with Gasteiger partial charge in [-0.15, -0.1) is 0 Å². The normalized spacial score (nSPS) is 10.4. The lowest BCUT2D eigenvalue weighted by atomic mass is 10.1. The minimum Gasteiger partial charge on any atom is -0.355 e. The maximum atomic E-state index is 11.7. The minimum atomic E-state index is -0.0857. The molecule has 0 saturated carbocycles. The first-order valence-corrected chi connectivity index (χ1v) is 7.01. The zero-order chi connectivity index (χ0) is 15.4. The van der Waals surface area contributed by atoms with E-state index >= 15 is 0 Å². The number of imidazole rings is 1. The smallest absolute Gasteiger partial charge is 0.251 e. The molecule has 0 aliphatic carbocycles. The van der Waals surface area contributed by atoms with Crippen molar-refractivity contribution in [2.45, 2.75) is 6.54 Å². The molecule has 5 nitrogen and oxygen atoms in total. The van der Waals surface area contributed by atoms with E-state index in [1.54, 1.807) is 25.5 Å². The molecule has 0 aliphatic rings. The number of pyridine rings is 1. The molecular formula is C17H16N4O. The Morgan fingerprint density at radius 1 is 1.14 bits per heavy atom. The topological polar surface area (TPSA) is 59.8 Å². The lowest BCUT2D eigenvalue weighted by molar-refractivity contribution is 0.0963. The van der Waals surface area contributed by atoms with Crippen molar-refractivity contribution in [3.05, 3.63) is 72.2 Å². The molecule has 0 saturated heterocycles. The SMILES string of the molecule is CNC(=O)c1cccc(Cn2ccnc2-c2ccccn2)c1. The van der Waals surface area contributed by atoms with Gasteiger partial charge in [0.25, 0.3) is 5.91 Å². The van der Waals surface area contributed by atoms with Gasteiger partial charge in [0.1, 0.15) is 5.69 Å². The number of aromatic nitrogens is 3. The van der Waals surface area contributed by atoms with E-state index in [1.165, 1.54) is 0 Å². The summed E-state index contributed by atoms with van der Waals surface area (Å²) in [4.78, 5) is 20.4. The zero-order valence-electron chi connectivity index (χ0n) is 12.2. The van der Waals surface area contributed by atoms with Gasteiger partial charge in [0, 0.05) is 37.7 Å². The Hall–Kier alpha value is -2.95. The number of carbonyl (C=O) groups excluding carboxylic acids is 1. The fourth-order valence-corrected chi connectivity index (χ4v) is 2.32. The van der Waals surface area contributed by atoms with Crippen LogP contribution in [0.1, 0.15) is 15.9 Å². The van der Waals surface area contributed by atoms with Crippen LogP contribution in [-0.4, -0.2) is 27.5 Å². The van der Waals surface area contributed by atoms with Crippen molar-refractivity contribution >= 4 is 5.91 Å². The van der Waals surface area contributed by atoms with Crippen LogP contribution in [0.4, 0.5) is 0 Å². The van der Waals surface area contributed by atoms with E-state index < -0.39 is 0 Å². The number of carbonyl (C=O) groups is 1. The number of hydrogen-bond donors (Lipinski definition) is 1. The van der Waals surface area contributed by atoms with Gasteiger partial charge in [-0.3, -0.25) is 9.78 Å². The Balaban J connectivity index is 1.89. The molecule has 3 aromatic rings. The zero-order valence-corrected chi connectivity index (χ0v) is 12.2. The molecule has 0 radical (unpaired) electrons. The van der Waals surface area contributed by atoms with Crippen LogP contribution in [0, 0.1) is 0 Å². The highest BCUT2D eigenvalue weighted by atomic mass is 16.1. The van der Waals surface area contributed by atoms with Crippen LogP contribution in [0.3, 0.4) is 0 Å². The van der Waals surface area contributed by atoms with E-state index in [9.17, 15) is 4.79 Å².